The number of hydrogen-bond acceptors (Lipinski definition) is 1. The first-order chi connectivity index (χ1) is 7.29. The summed E-state index contributed by atoms with van der Waals surface area (Å²) in [5.74, 6) is 3.56. The van der Waals surface area contributed by atoms with Crippen LogP contribution in [0.1, 0.15) is 25.7 Å². The zero-order valence-electron chi connectivity index (χ0n) is 9.83. The van der Waals surface area contributed by atoms with Crippen LogP contribution in [0.25, 0.3) is 0 Å². The van der Waals surface area contributed by atoms with Crippen molar-refractivity contribution in [3.63, 3.8) is 0 Å². The largest absolute Gasteiger partial charge is 0.345 e. The van der Waals surface area contributed by atoms with E-state index in [1.807, 2.05) is 7.05 Å². The Kier molecular flexibility index (Phi) is 4.90. The van der Waals surface area contributed by atoms with Crippen molar-refractivity contribution in [3.8, 4) is 12.3 Å². The topological polar surface area (TPSA) is 27.6 Å². The number of halogens is 1. The van der Waals surface area contributed by atoms with Gasteiger partial charge in [-0.25, -0.2) is 0 Å². The molecule has 2 aliphatic rings. The number of nitrogens with one attached hydrogen (secondary N) is 1. The normalized spacial score (nSPS) is 22.2. The second-order valence-corrected chi connectivity index (χ2v) is 4.63. The second kappa shape index (κ2) is 5.76. The van der Waals surface area contributed by atoms with Crippen molar-refractivity contribution in [1.29, 1.82) is 0 Å². The lowest BCUT2D eigenvalue weighted by Crippen LogP contribution is -2.42. The Morgan fingerprint density at radius 3 is 2.69 bits per heavy atom. The van der Waals surface area contributed by atoms with Crippen molar-refractivity contribution in [1.82, 2.24) is 10.2 Å². The Morgan fingerprint density at radius 1 is 1.50 bits per heavy atom. The van der Waals surface area contributed by atoms with Crippen LogP contribution in [0.3, 0.4) is 0 Å². The van der Waals surface area contributed by atoms with Crippen LogP contribution in [0, 0.1) is 17.8 Å². The molecule has 1 aliphatic carbocycles. The monoisotopic (exact) mass is 333 g/mol. The number of likely N-dealkylation sites (tertiary alicyclic amines) is 1. The minimum Gasteiger partial charge on any atom is -0.345 e. The van der Waals surface area contributed by atoms with Crippen LogP contribution in [0.4, 0.5) is 0 Å². The minimum absolute atomic E-state index is 0. The zero-order valence-corrected chi connectivity index (χ0v) is 12.2. The molecule has 0 radical (unpaired) electrons. The lowest BCUT2D eigenvalue weighted by molar-refractivity contribution is 0.151. The molecule has 1 heterocycles. The van der Waals surface area contributed by atoms with E-state index in [9.17, 15) is 0 Å². The van der Waals surface area contributed by atoms with Gasteiger partial charge in [-0.3, -0.25) is 4.99 Å². The molecule has 0 bridgehead atoms. The van der Waals surface area contributed by atoms with Gasteiger partial charge >= 0.3 is 0 Å². The van der Waals surface area contributed by atoms with E-state index in [1.165, 1.54) is 25.7 Å². The molecule has 2 fully saturated rings. The summed E-state index contributed by atoms with van der Waals surface area (Å²) in [5.41, 5.74) is 0.619. The first kappa shape index (κ1) is 13.6. The number of hydrogen-bond donors (Lipinski definition) is 1. The fourth-order valence-corrected chi connectivity index (χ4v) is 2.66. The maximum atomic E-state index is 5.23. The summed E-state index contributed by atoms with van der Waals surface area (Å²) in [6.45, 7) is 2.86. The third-order valence-electron chi connectivity index (χ3n) is 3.71. The molecule has 16 heavy (non-hydrogen) atoms. The summed E-state index contributed by atoms with van der Waals surface area (Å²) >= 11 is 0. The van der Waals surface area contributed by atoms with Gasteiger partial charge in [-0.1, -0.05) is 12.3 Å². The molecule has 1 saturated heterocycles. The van der Waals surface area contributed by atoms with Crippen LogP contribution in [-0.2, 0) is 0 Å². The van der Waals surface area contributed by atoms with Gasteiger partial charge in [0.05, 0.1) is 6.54 Å². The molecule has 1 aliphatic heterocycles. The van der Waals surface area contributed by atoms with E-state index in [-0.39, 0.29) is 24.0 Å². The first-order valence-electron chi connectivity index (χ1n) is 5.69. The molecule has 3 nitrogen and oxygen atoms in total. The van der Waals surface area contributed by atoms with Crippen molar-refractivity contribution < 1.29 is 0 Å². The van der Waals surface area contributed by atoms with Gasteiger partial charge in [0.15, 0.2) is 5.96 Å². The van der Waals surface area contributed by atoms with Gasteiger partial charge < -0.3 is 10.2 Å². The standard InChI is InChI=1S/C12H19N3.HI/c1-3-8-14-11(13-2)15-9-7-12(10-15)5-4-6-12;/h1H,4-10H2,2H3,(H,13,14);1H. The Hall–Kier alpha value is -0.440. The second-order valence-electron chi connectivity index (χ2n) is 4.63. The smallest absolute Gasteiger partial charge is 0.194 e. The van der Waals surface area contributed by atoms with Crippen LogP contribution in [0.2, 0.25) is 0 Å². The first-order valence-corrected chi connectivity index (χ1v) is 5.69. The quantitative estimate of drug-likeness (QED) is 0.342. The average molecular weight is 333 g/mol. The Morgan fingerprint density at radius 2 is 2.25 bits per heavy atom. The van der Waals surface area contributed by atoms with E-state index in [2.05, 4.69) is 21.1 Å². The van der Waals surface area contributed by atoms with Gasteiger partial charge in [0.1, 0.15) is 0 Å². The molecule has 0 amide bonds. The highest BCUT2D eigenvalue weighted by atomic mass is 127. The Bertz CT molecular complexity index is 302. The fraction of sp³-hybridized carbons (Fsp3) is 0.750. The predicted molar refractivity (Wildman–Crippen MR) is 78.1 cm³/mol. The van der Waals surface area contributed by atoms with Crippen LogP contribution in [0.5, 0.6) is 0 Å². The Labute approximate surface area is 115 Å². The summed E-state index contributed by atoms with van der Waals surface area (Å²) in [7, 11) is 1.82. The lowest BCUT2D eigenvalue weighted by atomic mass is 9.68. The predicted octanol–water partition coefficient (Wildman–Crippen LogP) is 1.69. The molecule has 0 aromatic rings. The zero-order chi connectivity index (χ0) is 10.7. The van der Waals surface area contributed by atoms with E-state index in [4.69, 9.17) is 6.42 Å². The summed E-state index contributed by atoms with van der Waals surface area (Å²) in [4.78, 5) is 6.61. The summed E-state index contributed by atoms with van der Waals surface area (Å²) in [6, 6.07) is 0. The van der Waals surface area contributed by atoms with Gasteiger partial charge in [-0.15, -0.1) is 30.4 Å². The van der Waals surface area contributed by atoms with Crippen LogP contribution >= 0.6 is 24.0 Å². The van der Waals surface area contributed by atoms with Crippen molar-refractivity contribution in [2.24, 2.45) is 10.4 Å². The number of terminal acetylenes is 1. The molecule has 4 heteroatoms. The minimum atomic E-state index is 0. The van der Waals surface area contributed by atoms with Crippen molar-refractivity contribution in [3.05, 3.63) is 0 Å². The van der Waals surface area contributed by atoms with E-state index in [0.29, 0.717) is 12.0 Å². The highest BCUT2D eigenvalue weighted by Crippen LogP contribution is 2.47. The lowest BCUT2D eigenvalue weighted by Gasteiger charge is -2.38. The molecular formula is C12H20IN3. The van der Waals surface area contributed by atoms with Crippen LogP contribution in [0.15, 0.2) is 4.99 Å². The summed E-state index contributed by atoms with van der Waals surface area (Å²) in [6.07, 6.45) is 10.8. The molecule has 1 spiro atoms. The maximum Gasteiger partial charge on any atom is 0.194 e. The number of aliphatic imine (C=N–C) groups is 1. The van der Waals surface area contributed by atoms with Crippen molar-refractivity contribution >= 4 is 29.9 Å². The molecule has 1 N–H and O–H groups in total. The van der Waals surface area contributed by atoms with Gasteiger partial charge in [0, 0.05) is 20.1 Å². The van der Waals surface area contributed by atoms with Crippen molar-refractivity contribution in [2.75, 3.05) is 26.7 Å². The van der Waals surface area contributed by atoms with Crippen molar-refractivity contribution in [2.45, 2.75) is 25.7 Å². The number of nitrogens with zero attached hydrogens (tertiary/aromatic N) is 2. The highest BCUT2D eigenvalue weighted by molar-refractivity contribution is 14.0. The highest BCUT2D eigenvalue weighted by Gasteiger charge is 2.43. The van der Waals surface area contributed by atoms with Gasteiger partial charge in [-0.05, 0) is 24.7 Å². The van der Waals surface area contributed by atoms with Gasteiger partial charge in [-0.2, -0.15) is 0 Å². The summed E-state index contributed by atoms with van der Waals surface area (Å²) < 4.78 is 0. The van der Waals surface area contributed by atoms with E-state index in [0.717, 1.165) is 19.0 Å². The molecule has 0 aromatic heterocycles. The average Bonchev–Trinajstić information content (AvgIpc) is 2.64. The molecule has 0 aromatic carbocycles. The number of rotatable bonds is 1. The molecule has 1 saturated carbocycles. The molecule has 2 rings (SSSR count). The number of guanidine groups is 1. The molecule has 0 unspecified atom stereocenters. The summed E-state index contributed by atoms with van der Waals surface area (Å²) in [5, 5.41) is 3.19. The van der Waals surface area contributed by atoms with Gasteiger partial charge in [0.2, 0.25) is 0 Å². The molecule has 0 atom stereocenters. The van der Waals surface area contributed by atoms with Gasteiger partial charge in [0.25, 0.3) is 0 Å². The maximum absolute atomic E-state index is 5.23. The molecule has 90 valence electrons. The third-order valence-corrected chi connectivity index (χ3v) is 3.71. The van der Waals surface area contributed by atoms with E-state index < -0.39 is 0 Å². The Balaban J connectivity index is 0.00000128. The third kappa shape index (κ3) is 2.62. The fourth-order valence-electron chi connectivity index (χ4n) is 2.66. The van der Waals surface area contributed by atoms with E-state index >= 15 is 0 Å². The van der Waals surface area contributed by atoms with Crippen LogP contribution in [-0.4, -0.2) is 37.5 Å². The van der Waals surface area contributed by atoms with E-state index in [1.54, 1.807) is 0 Å². The molecular weight excluding hydrogens is 313 g/mol. The SMILES string of the molecule is C#CCNC(=NC)N1CCC2(CCC2)C1.I. The van der Waals surface area contributed by atoms with Crippen LogP contribution < -0.4 is 5.32 Å².